The second-order valence-corrected chi connectivity index (χ2v) is 5.56. The molecule has 0 radical (unpaired) electrons. The third-order valence-corrected chi connectivity index (χ3v) is 4.08. The van der Waals surface area contributed by atoms with E-state index in [9.17, 15) is 0 Å². The van der Waals surface area contributed by atoms with Crippen molar-refractivity contribution in [2.45, 2.75) is 45.6 Å². The van der Waals surface area contributed by atoms with Crippen LogP contribution in [0.1, 0.15) is 37.8 Å². The van der Waals surface area contributed by atoms with Gasteiger partial charge in [0.05, 0.1) is 6.61 Å². The van der Waals surface area contributed by atoms with Crippen molar-refractivity contribution in [3.05, 3.63) is 35.4 Å². The number of hydrogen-bond acceptors (Lipinski definition) is 2. The first-order chi connectivity index (χ1) is 9.33. The minimum absolute atomic E-state index is 0.565. The normalized spacial score (nSPS) is 20.6. The quantitative estimate of drug-likeness (QED) is 0.814. The summed E-state index contributed by atoms with van der Waals surface area (Å²) in [6.45, 7) is 7.40. The summed E-state index contributed by atoms with van der Waals surface area (Å²) in [5, 5.41) is 3.71. The zero-order valence-electron chi connectivity index (χ0n) is 12.3. The molecule has 0 saturated carbocycles. The lowest BCUT2D eigenvalue weighted by Crippen LogP contribution is -2.38. The van der Waals surface area contributed by atoms with Crippen molar-refractivity contribution in [2.75, 3.05) is 19.8 Å². The highest BCUT2D eigenvalue weighted by Crippen LogP contribution is 2.20. The molecule has 1 aromatic carbocycles. The molecule has 1 fully saturated rings. The van der Waals surface area contributed by atoms with Crippen molar-refractivity contribution in [2.24, 2.45) is 5.92 Å². The fraction of sp³-hybridized carbons (Fsp3) is 0.647. The third-order valence-electron chi connectivity index (χ3n) is 4.08. The van der Waals surface area contributed by atoms with E-state index >= 15 is 0 Å². The average molecular weight is 261 g/mol. The van der Waals surface area contributed by atoms with E-state index in [-0.39, 0.29) is 0 Å². The zero-order chi connectivity index (χ0) is 13.5. The second-order valence-electron chi connectivity index (χ2n) is 5.56. The van der Waals surface area contributed by atoms with Crippen LogP contribution in [-0.2, 0) is 17.6 Å². The molecular weight excluding hydrogens is 234 g/mol. The fourth-order valence-corrected chi connectivity index (χ4v) is 2.77. The van der Waals surface area contributed by atoms with Gasteiger partial charge in [-0.3, -0.25) is 0 Å². The van der Waals surface area contributed by atoms with Crippen LogP contribution in [0.5, 0.6) is 0 Å². The lowest BCUT2D eigenvalue weighted by atomic mass is 9.92. The van der Waals surface area contributed by atoms with E-state index in [4.69, 9.17) is 4.74 Å². The predicted molar refractivity (Wildman–Crippen MR) is 80.5 cm³/mol. The first kappa shape index (κ1) is 14.5. The molecular formula is C17H27NO. The van der Waals surface area contributed by atoms with Crippen molar-refractivity contribution in [1.82, 2.24) is 5.32 Å². The molecule has 1 saturated heterocycles. The van der Waals surface area contributed by atoms with Crippen LogP contribution in [0.4, 0.5) is 0 Å². The molecule has 1 heterocycles. The van der Waals surface area contributed by atoms with Crippen LogP contribution < -0.4 is 5.32 Å². The molecule has 0 aromatic heterocycles. The molecule has 19 heavy (non-hydrogen) atoms. The molecule has 1 aromatic rings. The largest absolute Gasteiger partial charge is 0.381 e. The number of nitrogens with one attached hydrogen (secondary N) is 1. The summed E-state index contributed by atoms with van der Waals surface area (Å²) in [7, 11) is 0. The van der Waals surface area contributed by atoms with Crippen molar-refractivity contribution >= 4 is 0 Å². The molecule has 1 N–H and O–H groups in total. The summed E-state index contributed by atoms with van der Waals surface area (Å²) in [5.41, 5.74) is 2.86. The SMILES string of the molecule is CCCNC(Cc1ccc(CC)cc1)C1CCOC1. The minimum Gasteiger partial charge on any atom is -0.381 e. The van der Waals surface area contributed by atoms with Gasteiger partial charge in [-0.2, -0.15) is 0 Å². The fourth-order valence-electron chi connectivity index (χ4n) is 2.77. The van der Waals surface area contributed by atoms with Gasteiger partial charge in [0.1, 0.15) is 0 Å². The van der Waals surface area contributed by atoms with Gasteiger partial charge in [-0.05, 0) is 43.4 Å². The first-order valence-corrected chi connectivity index (χ1v) is 7.72. The van der Waals surface area contributed by atoms with Gasteiger partial charge in [-0.15, -0.1) is 0 Å². The molecule has 0 spiro atoms. The maximum absolute atomic E-state index is 5.55. The molecule has 2 rings (SSSR count). The molecule has 0 amide bonds. The first-order valence-electron chi connectivity index (χ1n) is 7.72. The van der Waals surface area contributed by atoms with Gasteiger partial charge in [0, 0.05) is 18.6 Å². The van der Waals surface area contributed by atoms with Crippen LogP contribution >= 0.6 is 0 Å². The van der Waals surface area contributed by atoms with Crippen molar-refractivity contribution in [3.63, 3.8) is 0 Å². The lowest BCUT2D eigenvalue weighted by molar-refractivity contribution is 0.176. The van der Waals surface area contributed by atoms with Crippen LogP contribution in [0.25, 0.3) is 0 Å². The number of rotatable bonds is 7. The summed E-state index contributed by atoms with van der Waals surface area (Å²) in [6.07, 6.45) is 4.64. The molecule has 2 unspecified atom stereocenters. The Balaban J connectivity index is 1.96. The van der Waals surface area contributed by atoms with Gasteiger partial charge in [0.15, 0.2) is 0 Å². The van der Waals surface area contributed by atoms with Gasteiger partial charge in [-0.1, -0.05) is 38.1 Å². The van der Waals surface area contributed by atoms with E-state index in [0.29, 0.717) is 12.0 Å². The Morgan fingerprint density at radius 3 is 2.53 bits per heavy atom. The summed E-state index contributed by atoms with van der Waals surface area (Å²) in [6, 6.07) is 9.66. The smallest absolute Gasteiger partial charge is 0.0510 e. The van der Waals surface area contributed by atoms with E-state index in [1.54, 1.807) is 0 Å². The number of ether oxygens (including phenoxy) is 1. The van der Waals surface area contributed by atoms with Gasteiger partial charge < -0.3 is 10.1 Å². The van der Waals surface area contributed by atoms with E-state index < -0.39 is 0 Å². The van der Waals surface area contributed by atoms with Crippen molar-refractivity contribution < 1.29 is 4.74 Å². The number of aryl methyl sites for hydroxylation is 1. The van der Waals surface area contributed by atoms with E-state index in [1.165, 1.54) is 24.0 Å². The molecule has 0 bridgehead atoms. The third kappa shape index (κ3) is 4.32. The van der Waals surface area contributed by atoms with Crippen molar-refractivity contribution in [1.29, 1.82) is 0 Å². The Hall–Kier alpha value is -0.860. The minimum atomic E-state index is 0.565. The zero-order valence-corrected chi connectivity index (χ0v) is 12.3. The molecule has 2 nitrogen and oxygen atoms in total. The highest BCUT2D eigenvalue weighted by atomic mass is 16.5. The molecule has 0 aliphatic carbocycles. The van der Waals surface area contributed by atoms with Crippen LogP contribution in [0.15, 0.2) is 24.3 Å². The monoisotopic (exact) mass is 261 g/mol. The van der Waals surface area contributed by atoms with E-state index in [1.807, 2.05) is 0 Å². The summed E-state index contributed by atoms with van der Waals surface area (Å²) < 4.78 is 5.55. The Bertz CT molecular complexity index is 354. The predicted octanol–water partition coefficient (Wildman–Crippen LogP) is 3.20. The lowest BCUT2D eigenvalue weighted by Gasteiger charge is -2.24. The molecule has 1 aliphatic heterocycles. The maximum atomic E-state index is 5.55. The molecule has 2 atom stereocenters. The summed E-state index contributed by atoms with van der Waals surface area (Å²) >= 11 is 0. The molecule has 1 aliphatic rings. The Morgan fingerprint density at radius 1 is 1.21 bits per heavy atom. The number of hydrogen-bond donors (Lipinski definition) is 1. The van der Waals surface area contributed by atoms with Gasteiger partial charge in [0.25, 0.3) is 0 Å². The van der Waals surface area contributed by atoms with E-state index in [0.717, 1.165) is 32.6 Å². The van der Waals surface area contributed by atoms with Crippen LogP contribution in [-0.4, -0.2) is 25.8 Å². The topological polar surface area (TPSA) is 21.3 Å². The standard InChI is InChI=1S/C17H27NO/c1-3-10-18-17(16-9-11-19-13-16)12-15-7-5-14(4-2)6-8-15/h5-8,16-18H,3-4,9-13H2,1-2H3. The van der Waals surface area contributed by atoms with Gasteiger partial charge in [0.2, 0.25) is 0 Å². The van der Waals surface area contributed by atoms with Gasteiger partial charge in [-0.25, -0.2) is 0 Å². The molecule has 2 heteroatoms. The Morgan fingerprint density at radius 2 is 1.95 bits per heavy atom. The highest BCUT2D eigenvalue weighted by molar-refractivity contribution is 5.23. The van der Waals surface area contributed by atoms with Crippen molar-refractivity contribution in [3.8, 4) is 0 Å². The summed E-state index contributed by atoms with van der Waals surface area (Å²) in [4.78, 5) is 0. The average Bonchev–Trinajstić information content (AvgIpc) is 2.98. The Kier molecular flexibility index (Phi) is 5.87. The maximum Gasteiger partial charge on any atom is 0.0510 e. The summed E-state index contributed by atoms with van der Waals surface area (Å²) in [5.74, 6) is 0.678. The number of benzene rings is 1. The van der Waals surface area contributed by atoms with E-state index in [2.05, 4.69) is 43.4 Å². The van der Waals surface area contributed by atoms with Gasteiger partial charge >= 0.3 is 0 Å². The second kappa shape index (κ2) is 7.66. The van der Waals surface area contributed by atoms with Crippen LogP contribution in [0, 0.1) is 5.92 Å². The van der Waals surface area contributed by atoms with Crippen LogP contribution in [0.2, 0.25) is 0 Å². The Labute approximate surface area is 117 Å². The highest BCUT2D eigenvalue weighted by Gasteiger charge is 2.25. The van der Waals surface area contributed by atoms with Crippen LogP contribution in [0.3, 0.4) is 0 Å². The molecule has 106 valence electrons.